The second-order valence-corrected chi connectivity index (χ2v) is 9.75. The highest BCUT2D eigenvalue weighted by Gasteiger charge is 2.28. The summed E-state index contributed by atoms with van der Waals surface area (Å²) in [6.45, 7) is 1.26. The third-order valence-corrected chi connectivity index (χ3v) is 6.21. The number of hydrogen-bond acceptors (Lipinski definition) is 7. The zero-order chi connectivity index (χ0) is 28.6. The molecule has 3 aromatic rings. The Kier molecular flexibility index (Phi) is 9.57. The minimum atomic E-state index is -1.64. The molecule has 1 aromatic heterocycles. The fraction of sp³-hybridized carbons (Fsp3) is 0.241. The molecule has 0 saturated carbocycles. The Morgan fingerprint density at radius 3 is 2.73 bits per heavy atom. The molecule has 40 heavy (non-hydrogen) atoms. The second-order valence-electron chi connectivity index (χ2n) is 9.34. The van der Waals surface area contributed by atoms with Crippen molar-refractivity contribution in [2.24, 2.45) is 5.92 Å². The number of carbonyl (C=O) groups is 2. The van der Waals surface area contributed by atoms with Crippen LogP contribution >= 0.6 is 11.6 Å². The van der Waals surface area contributed by atoms with E-state index < -0.39 is 23.8 Å². The van der Waals surface area contributed by atoms with Gasteiger partial charge in [-0.3, -0.25) is 9.59 Å². The molecular weight excluding hydrogens is 540 g/mol. The molecule has 0 bridgehead atoms. The summed E-state index contributed by atoms with van der Waals surface area (Å²) in [7, 11) is 3.91. The Labute approximate surface area is 235 Å². The molecule has 0 fully saturated rings. The number of amides is 1. The van der Waals surface area contributed by atoms with Crippen LogP contribution in [0.4, 0.5) is 26.1 Å². The lowest BCUT2D eigenvalue weighted by atomic mass is 9.97. The number of ether oxygens (including phenoxy) is 1. The quantitative estimate of drug-likeness (QED) is 0.293. The van der Waals surface area contributed by atoms with Crippen LogP contribution in [0.2, 0.25) is 5.02 Å². The molecule has 1 amide bonds. The number of nitrogens with one attached hydrogen (secondary N) is 2. The minimum absolute atomic E-state index is 0.0259. The summed E-state index contributed by atoms with van der Waals surface area (Å²) in [6.07, 6.45) is 2.78. The molecule has 1 aliphatic carbocycles. The van der Waals surface area contributed by atoms with Crippen molar-refractivity contribution in [3.8, 4) is 5.75 Å². The normalized spacial score (nSPS) is 16.4. The SMILES string of the molecule is CN(C)CCOc1ccc(Nc2nccc(CC(=O)c3cccc(NC(=O)C4C=C(F)C=CC4F)c3)n2)cc1Cl. The first-order valence-electron chi connectivity index (χ1n) is 12.5. The van der Waals surface area contributed by atoms with E-state index in [2.05, 4.69) is 20.6 Å². The van der Waals surface area contributed by atoms with Gasteiger partial charge in [0.05, 0.1) is 23.1 Å². The van der Waals surface area contributed by atoms with Gasteiger partial charge in [0.1, 0.15) is 24.4 Å². The summed E-state index contributed by atoms with van der Waals surface area (Å²) in [5, 5.41) is 6.06. The molecule has 208 valence electrons. The second kappa shape index (κ2) is 13.3. The number of ketones is 1. The molecule has 2 aromatic carbocycles. The topological polar surface area (TPSA) is 96.5 Å². The molecule has 0 radical (unpaired) electrons. The minimum Gasteiger partial charge on any atom is -0.491 e. The number of likely N-dealkylation sites (N-methyl/N-ethyl adjacent to an activating group) is 1. The van der Waals surface area contributed by atoms with E-state index in [0.717, 1.165) is 24.8 Å². The van der Waals surface area contributed by atoms with Gasteiger partial charge in [0.25, 0.3) is 0 Å². The maximum atomic E-state index is 14.1. The predicted octanol–water partition coefficient (Wildman–Crippen LogP) is 5.56. The lowest BCUT2D eigenvalue weighted by molar-refractivity contribution is -0.119. The van der Waals surface area contributed by atoms with Crippen molar-refractivity contribution in [2.45, 2.75) is 12.6 Å². The number of rotatable bonds is 11. The fourth-order valence-electron chi connectivity index (χ4n) is 3.82. The number of carbonyl (C=O) groups excluding carboxylic acids is 2. The Morgan fingerprint density at radius 1 is 1.12 bits per heavy atom. The first-order chi connectivity index (χ1) is 19.2. The molecule has 2 atom stereocenters. The summed E-state index contributed by atoms with van der Waals surface area (Å²) >= 11 is 6.35. The third-order valence-electron chi connectivity index (χ3n) is 5.91. The Bertz CT molecular complexity index is 1450. The van der Waals surface area contributed by atoms with Gasteiger partial charge in [0, 0.05) is 29.7 Å². The number of anilines is 3. The number of allylic oxidation sites excluding steroid dienone is 3. The van der Waals surface area contributed by atoms with Crippen LogP contribution in [0.1, 0.15) is 16.1 Å². The first-order valence-corrected chi connectivity index (χ1v) is 12.9. The van der Waals surface area contributed by atoms with Crippen molar-refractivity contribution in [2.75, 3.05) is 37.9 Å². The van der Waals surface area contributed by atoms with Crippen molar-refractivity contribution in [3.05, 3.63) is 95.1 Å². The number of hydrogen-bond donors (Lipinski definition) is 2. The average Bonchev–Trinajstić information content (AvgIpc) is 2.91. The zero-order valence-electron chi connectivity index (χ0n) is 21.9. The third kappa shape index (κ3) is 7.93. The maximum Gasteiger partial charge on any atom is 0.234 e. The van der Waals surface area contributed by atoms with Gasteiger partial charge in [0.15, 0.2) is 5.78 Å². The van der Waals surface area contributed by atoms with Gasteiger partial charge in [-0.2, -0.15) is 0 Å². The number of benzene rings is 2. The van der Waals surface area contributed by atoms with Gasteiger partial charge in [-0.25, -0.2) is 18.7 Å². The van der Waals surface area contributed by atoms with Crippen LogP contribution < -0.4 is 15.4 Å². The van der Waals surface area contributed by atoms with Crippen LogP contribution in [-0.4, -0.2) is 60.0 Å². The predicted molar refractivity (Wildman–Crippen MR) is 151 cm³/mol. The van der Waals surface area contributed by atoms with E-state index in [-0.39, 0.29) is 18.2 Å². The molecule has 1 aliphatic rings. The first kappa shape index (κ1) is 28.8. The Morgan fingerprint density at radius 2 is 1.95 bits per heavy atom. The standard InChI is InChI=1S/C29H28ClF2N5O3/c1-37(2)12-13-40-27-9-7-21(16-24(27)30)35-29-33-11-10-22(36-29)17-26(38)18-4-3-5-20(14-18)34-28(39)23-15-19(31)6-8-25(23)32/h3-11,14-16,23,25H,12-13,17H2,1-2H3,(H,34,39)(H,33,35,36). The largest absolute Gasteiger partial charge is 0.491 e. The van der Waals surface area contributed by atoms with Gasteiger partial charge in [-0.15, -0.1) is 0 Å². The Hall–Kier alpha value is -4.15. The lowest BCUT2D eigenvalue weighted by Crippen LogP contribution is -2.29. The summed E-state index contributed by atoms with van der Waals surface area (Å²) < 4.78 is 33.2. The zero-order valence-corrected chi connectivity index (χ0v) is 22.7. The molecule has 0 aliphatic heterocycles. The van der Waals surface area contributed by atoms with Crippen molar-refractivity contribution >= 4 is 40.6 Å². The highest BCUT2D eigenvalue weighted by Crippen LogP contribution is 2.29. The van der Waals surface area contributed by atoms with Crippen molar-refractivity contribution in [1.82, 2.24) is 14.9 Å². The van der Waals surface area contributed by atoms with Crippen molar-refractivity contribution in [1.29, 1.82) is 0 Å². The molecule has 0 spiro atoms. The van der Waals surface area contributed by atoms with E-state index >= 15 is 0 Å². The molecule has 1 heterocycles. The molecular formula is C29H28ClF2N5O3. The van der Waals surface area contributed by atoms with Crippen LogP contribution in [0.5, 0.6) is 5.75 Å². The summed E-state index contributed by atoms with van der Waals surface area (Å²) in [5.74, 6) is -2.09. The maximum absolute atomic E-state index is 14.1. The van der Waals surface area contributed by atoms with Gasteiger partial charge in [0.2, 0.25) is 11.9 Å². The van der Waals surface area contributed by atoms with Gasteiger partial charge in [-0.1, -0.05) is 23.7 Å². The number of nitrogens with zero attached hydrogens (tertiary/aromatic N) is 3. The highest BCUT2D eigenvalue weighted by atomic mass is 35.5. The molecule has 8 nitrogen and oxygen atoms in total. The molecule has 2 N–H and O–H groups in total. The van der Waals surface area contributed by atoms with Crippen LogP contribution in [0.15, 0.2) is 78.8 Å². The van der Waals surface area contributed by atoms with Crippen LogP contribution in [0, 0.1) is 5.92 Å². The average molecular weight is 568 g/mol. The molecule has 4 rings (SSSR count). The summed E-state index contributed by atoms with van der Waals surface area (Å²) in [4.78, 5) is 36.1. The smallest absolute Gasteiger partial charge is 0.234 e. The van der Waals surface area contributed by atoms with Gasteiger partial charge >= 0.3 is 0 Å². The number of Topliss-reactive ketones (excluding diaryl/α,β-unsaturated/α-hetero) is 1. The van der Waals surface area contributed by atoms with E-state index in [4.69, 9.17) is 16.3 Å². The van der Waals surface area contributed by atoms with Crippen molar-refractivity contribution in [3.63, 3.8) is 0 Å². The van der Waals surface area contributed by atoms with E-state index in [1.54, 1.807) is 42.5 Å². The molecule has 0 saturated heterocycles. The van der Waals surface area contributed by atoms with E-state index in [9.17, 15) is 18.4 Å². The number of halogens is 3. The van der Waals surface area contributed by atoms with E-state index in [1.165, 1.54) is 12.3 Å². The van der Waals surface area contributed by atoms with Crippen LogP contribution in [-0.2, 0) is 11.2 Å². The van der Waals surface area contributed by atoms with E-state index in [0.29, 0.717) is 40.0 Å². The van der Waals surface area contributed by atoms with Crippen LogP contribution in [0.3, 0.4) is 0 Å². The van der Waals surface area contributed by atoms with Gasteiger partial charge in [-0.05, 0) is 68.7 Å². The highest BCUT2D eigenvalue weighted by molar-refractivity contribution is 6.32. The summed E-state index contributed by atoms with van der Waals surface area (Å²) in [5.41, 5.74) is 1.74. The monoisotopic (exact) mass is 567 g/mol. The van der Waals surface area contributed by atoms with Crippen LogP contribution in [0.25, 0.3) is 0 Å². The lowest BCUT2D eigenvalue weighted by Gasteiger charge is -2.18. The van der Waals surface area contributed by atoms with Gasteiger partial charge < -0.3 is 20.3 Å². The summed E-state index contributed by atoms with van der Waals surface area (Å²) in [6, 6.07) is 13.1. The Balaban J connectivity index is 1.37. The molecule has 11 heteroatoms. The van der Waals surface area contributed by atoms with E-state index in [1.807, 2.05) is 19.0 Å². The van der Waals surface area contributed by atoms with Crippen molar-refractivity contribution < 1.29 is 23.1 Å². The fourth-order valence-corrected chi connectivity index (χ4v) is 4.06. The molecule has 2 unspecified atom stereocenters. The number of alkyl halides is 1. The number of aromatic nitrogens is 2.